The Bertz CT molecular complexity index is 1070. The lowest BCUT2D eigenvalue weighted by Gasteiger charge is -2.37. The Morgan fingerprint density at radius 2 is 1.79 bits per heavy atom. The number of ether oxygens (including phenoxy) is 1. The predicted molar refractivity (Wildman–Crippen MR) is 129 cm³/mol. The number of amides is 1. The summed E-state index contributed by atoms with van der Waals surface area (Å²) in [4.78, 5) is 17.1. The van der Waals surface area contributed by atoms with Gasteiger partial charge in [0.1, 0.15) is 11.9 Å². The summed E-state index contributed by atoms with van der Waals surface area (Å²) in [5, 5.41) is 0. The van der Waals surface area contributed by atoms with Crippen LogP contribution in [-0.4, -0.2) is 69.4 Å². The second kappa shape index (κ2) is 10.1. The number of nitrogens with zero attached hydrogens (tertiary/aromatic N) is 3. The van der Waals surface area contributed by atoms with Gasteiger partial charge in [-0.3, -0.25) is 4.79 Å². The Morgan fingerprint density at radius 1 is 1.09 bits per heavy atom. The number of fused-ring (bicyclic) bond motifs is 1. The molecule has 1 amide bonds. The monoisotopic (exact) mass is 471 g/mol. The Balaban J connectivity index is 1.30. The molecule has 2 aliphatic rings. The molecule has 0 N–H and O–H groups in total. The molecule has 0 spiro atoms. The van der Waals surface area contributed by atoms with Crippen LogP contribution in [0.3, 0.4) is 0 Å². The molecule has 2 aromatic rings. The fraction of sp³-hybridized carbons (Fsp3) is 0.480. The summed E-state index contributed by atoms with van der Waals surface area (Å²) in [6, 6.07) is 15.0. The standard InChI is InChI=1S/C25H33N3O4S/c1-3-27-19-21(32-24-9-5-4-8-23(24)27)18-26(2)25(29)15-12-20-10-13-22(14-11-20)33(30,31)28-16-6-7-17-28/h4-5,8-11,13-14,21H,3,6-7,12,15-19H2,1-2H3/t21-/m1/s1. The maximum absolute atomic E-state index is 12.7. The van der Waals surface area contributed by atoms with Crippen LogP contribution in [0.2, 0.25) is 0 Å². The number of para-hydroxylation sites is 2. The van der Waals surface area contributed by atoms with E-state index in [-0.39, 0.29) is 12.0 Å². The Labute approximate surface area is 197 Å². The zero-order chi connectivity index (χ0) is 23.4. The molecule has 7 nitrogen and oxygen atoms in total. The molecule has 2 heterocycles. The van der Waals surface area contributed by atoms with Crippen molar-refractivity contribution in [2.75, 3.05) is 44.7 Å². The highest BCUT2D eigenvalue weighted by molar-refractivity contribution is 7.89. The van der Waals surface area contributed by atoms with Gasteiger partial charge in [-0.2, -0.15) is 4.31 Å². The average molecular weight is 472 g/mol. The van der Waals surface area contributed by atoms with Gasteiger partial charge in [0.25, 0.3) is 0 Å². The summed E-state index contributed by atoms with van der Waals surface area (Å²) in [6.45, 7) is 5.47. The van der Waals surface area contributed by atoms with E-state index >= 15 is 0 Å². The number of anilines is 1. The van der Waals surface area contributed by atoms with E-state index in [0.717, 1.165) is 42.9 Å². The molecule has 33 heavy (non-hydrogen) atoms. The maximum Gasteiger partial charge on any atom is 0.243 e. The third-order valence-electron chi connectivity index (χ3n) is 6.46. The van der Waals surface area contributed by atoms with Gasteiger partial charge in [-0.15, -0.1) is 0 Å². The number of carbonyl (C=O) groups is 1. The molecule has 0 saturated carbocycles. The Hall–Kier alpha value is -2.58. The van der Waals surface area contributed by atoms with E-state index in [9.17, 15) is 13.2 Å². The fourth-order valence-electron chi connectivity index (χ4n) is 4.53. The number of hydrogen-bond donors (Lipinski definition) is 0. The molecule has 1 fully saturated rings. The first-order valence-electron chi connectivity index (χ1n) is 11.7. The summed E-state index contributed by atoms with van der Waals surface area (Å²) in [7, 11) is -1.59. The number of aryl methyl sites for hydroxylation is 1. The average Bonchev–Trinajstić information content (AvgIpc) is 3.38. The van der Waals surface area contributed by atoms with Gasteiger partial charge < -0.3 is 14.5 Å². The van der Waals surface area contributed by atoms with E-state index in [2.05, 4.69) is 17.9 Å². The van der Waals surface area contributed by atoms with Gasteiger partial charge >= 0.3 is 0 Å². The summed E-state index contributed by atoms with van der Waals surface area (Å²) in [6.07, 6.45) is 2.70. The normalized spacial score (nSPS) is 18.6. The number of rotatable bonds is 8. The second-order valence-electron chi connectivity index (χ2n) is 8.78. The smallest absolute Gasteiger partial charge is 0.243 e. The number of hydrogen-bond acceptors (Lipinski definition) is 5. The highest BCUT2D eigenvalue weighted by Crippen LogP contribution is 2.33. The number of likely N-dealkylation sites (N-methyl/N-ethyl adjacent to an activating group) is 2. The Morgan fingerprint density at radius 3 is 2.48 bits per heavy atom. The van der Waals surface area contributed by atoms with Crippen LogP contribution >= 0.6 is 0 Å². The van der Waals surface area contributed by atoms with Gasteiger partial charge in [-0.1, -0.05) is 24.3 Å². The van der Waals surface area contributed by atoms with Crippen molar-refractivity contribution >= 4 is 21.6 Å². The van der Waals surface area contributed by atoms with E-state index in [1.807, 2.05) is 37.4 Å². The van der Waals surface area contributed by atoms with Gasteiger partial charge in [0.05, 0.1) is 23.7 Å². The highest BCUT2D eigenvalue weighted by atomic mass is 32.2. The van der Waals surface area contributed by atoms with Crippen molar-refractivity contribution in [1.29, 1.82) is 0 Å². The minimum atomic E-state index is -3.40. The molecule has 1 atom stereocenters. The molecule has 0 aliphatic carbocycles. The molecule has 2 aliphatic heterocycles. The van der Waals surface area contributed by atoms with Crippen molar-refractivity contribution in [3.8, 4) is 5.75 Å². The molecule has 178 valence electrons. The molecule has 0 radical (unpaired) electrons. The molecule has 2 aromatic carbocycles. The highest BCUT2D eigenvalue weighted by Gasteiger charge is 2.28. The third-order valence-corrected chi connectivity index (χ3v) is 8.38. The molecule has 0 bridgehead atoms. The van der Waals surface area contributed by atoms with Crippen LogP contribution in [0.15, 0.2) is 53.4 Å². The first-order chi connectivity index (χ1) is 15.9. The first kappa shape index (κ1) is 23.6. The quantitative estimate of drug-likeness (QED) is 0.592. The molecule has 4 rings (SSSR count). The van der Waals surface area contributed by atoms with Crippen molar-refractivity contribution in [2.24, 2.45) is 0 Å². The van der Waals surface area contributed by atoms with Gasteiger partial charge in [0, 0.05) is 33.1 Å². The van der Waals surface area contributed by atoms with E-state index < -0.39 is 10.0 Å². The van der Waals surface area contributed by atoms with E-state index in [0.29, 0.717) is 37.4 Å². The number of sulfonamides is 1. The van der Waals surface area contributed by atoms with Crippen LogP contribution in [0.4, 0.5) is 5.69 Å². The molecule has 1 saturated heterocycles. The van der Waals surface area contributed by atoms with Crippen LogP contribution in [0.1, 0.15) is 31.7 Å². The maximum atomic E-state index is 12.7. The van der Waals surface area contributed by atoms with E-state index in [4.69, 9.17) is 4.74 Å². The zero-order valence-electron chi connectivity index (χ0n) is 19.4. The van der Waals surface area contributed by atoms with Crippen molar-refractivity contribution in [3.63, 3.8) is 0 Å². The van der Waals surface area contributed by atoms with Gasteiger partial charge in [0.2, 0.25) is 15.9 Å². The van der Waals surface area contributed by atoms with Crippen LogP contribution in [0, 0.1) is 0 Å². The van der Waals surface area contributed by atoms with Crippen molar-refractivity contribution < 1.29 is 17.9 Å². The van der Waals surface area contributed by atoms with Crippen LogP contribution in [0.5, 0.6) is 5.75 Å². The summed E-state index contributed by atoms with van der Waals surface area (Å²) >= 11 is 0. The zero-order valence-corrected chi connectivity index (χ0v) is 20.3. The van der Waals surface area contributed by atoms with Crippen LogP contribution < -0.4 is 9.64 Å². The molecule has 0 aromatic heterocycles. The predicted octanol–water partition coefficient (Wildman–Crippen LogP) is 3.15. The van der Waals surface area contributed by atoms with Gasteiger partial charge in [-0.25, -0.2) is 8.42 Å². The van der Waals surface area contributed by atoms with Crippen molar-refractivity contribution in [2.45, 2.75) is 43.6 Å². The van der Waals surface area contributed by atoms with E-state index in [1.54, 1.807) is 21.3 Å². The third kappa shape index (κ3) is 5.33. The summed E-state index contributed by atoms with van der Waals surface area (Å²) in [5.74, 6) is 0.912. The fourth-order valence-corrected chi connectivity index (χ4v) is 6.05. The van der Waals surface area contributed by atoms with E-state index in [1.165, 1.54) is 0 Å². The van der Waals surface area contributed by atoms with Crippen molar-refractivity contribution in [3.05, 3.63) is 54.1 Å². The lowest BCUT2D eigenvalue weighted by Crippen LogP contribution is -2.46. The minimum absolute atomic E-state index is 0.0503. The van der Waals surface area contributed by atoms with Crippen LogP contribution in [-0.2, 0) is 21.2 Å². The SMILES string of the molecule is CCN1C[C@@H](CN(C)C(=O)CCc2ccc(S(=O)(=O)N3CCCC3)cc2)Oc2ccccc21. The minimum Gasteiger partial charge on any atom is -0.485 e. The molecular weight excluding hydrogens is 438 g/mol. The molecular formula is C25H33N3O4S. The Kier molecular flexibility index (Phi) is 7.24. The largest absolute Gasteiger partial charge is 0.485 e. The molecule has 8 heteroatoms. The van der Waals surface area contributed by atoms with Gasteiger partial charge in [0.15, 0.2) is 0 Å². The first-order valence-corrected chi connectivity index (χ1v) is 13.2. The number of benzene rings is 2. The number of carbonyl (C=O) groups excluding carboxylic acids is 1. The molecule has 0 unspecified atom stereocenters. The second-order valence-corrected chi connectivity index (χ2v) is 10.7. The summed E-state index contributed by atoms with van der Waals surface area (Å²) < 4.78 is 33.0. The topological polar surface area (TPSA) is 70.2 Å². The van der Waals surface area contributed by atoms with Crippen LogP contribution in [0.25, 0.3) is 0 Å². The van der Waals surface area contributed by atoms with Gasteiger partial charge in [-0.05, 0) is 56.0 Å². The lowest BCUT2D eigenvalue weighted by molar-refractivity contribution is -0.130. The van der Waals surface area contributed by atoms with Crippen molar-refractivity contribution in [1.82, 2.24) is 9.21 Å². The summed E-state index contributed by atoms with van der Waals surface area (Å²) in [5.41, 5.74) is 2.05. The lowest BCUT2D eigenvalue weighted by atomic mass is 10.1.